The first-order valence-electron chi connectivity index (χ1n) is 7.50. The van der Waals surface area contributed by atoms with Crippen LogP contribution in [0.15, 0.2) is 48.5 Å². The first-order valence-corrected chi connectivity index (χ1v) is 7.50. The number of nitrogens with one attached hydrogen (secondary N) is 2. The molecular formula is C17H15F3N2O3. The Labute approximate surface area is 141 Å². The summed E-state index contributed by atoms with van der Waals surface area (Å²) >= 11 is 0. The zero-order valence-corrected chi connectivity index (χ0v) is 13.1. The molecule has 0 aliphatic carbocycles. The maximum absolute atomic E-state index is 12.7. The Morgan fingerprint density at radius 3 is 2.40 bits per heavy atom. The van der Waals surface area contributed by atoms with Crippen LogP contribution in [0.2, 0.25) is 0 Å². The van der Waals surface area contributed by atoms with Crippen molar-refractivity contribution in [1.29, 1.82) is 0 Å². The van der Waals surface area contributed by atoms with E-state index < -0.39 is 29.9 Å². The summed E-state index contributed by atoms with van der Waals surface area (Å²) in [6, 6.07) is 11.4. The third-order valence-electron chi connectivity index (χ3n) is 3.62. The van der Waals surface area contributed by atoms with Crippen molar-refractivity contribution in [2.75, 3.05) is 5.43 Å². The van der Waals surface area contributed by atoms with Gasteiger partial charge in [-0.2, -0.15) is 13.2 Å². The Balaban J connectivity index is 1.65. The minimum atomic E-state index is -4.46. The van der Waals surface area contributed by atoms with E-state index in [0.29, 0.717) is 11.5 Å². The molecule has 2 N–H and O–H groups in total. The van der Waals surface area contributed by atoms with Crippen molar-refractivity contribution in [2.45, 2.75) is 25.3 Å². The van der Waals surface area contributed by atoms with Crippen LogP contribution in [0.4, 0.5) is 18.9 Å². The van der Waals surface area contributed by atoms with Gasteiger partial charge in [-0.15, -0.1) is 0 Å². The fourth-order valence-corrected chi connectivity index (χ4v) is 2.38. The quantitative estimate of drug-likeness (QED) is 0.832. The van der Waals surface area contributed by atoms with Crippen LogP contribution in [0, 0.1) is 0 Å². The van der Waals surface area contributed by atoms with Crippen LogP contribution in [0.1, 0.15) is 12.5 Å². The number of alkyl halides is 3. The number of amides is 1. The Hall–Kier alpha value is -2.90. The van der Waals surface area contributed by atoms with Crippen LogP contribution in [0.5, 0.6) is 11.5 Å². The number of carbonyl (C=O) groups is 1. The highest BCUT2D eigenvalue weighted by molar-refractivity contribution is 5.83. The fraction of sp³-hybridized carbons (Fsp3) is 0.235. The molecule has 1 aliphatic heterocycles. The standard InChI is InChI=1S/C17H15F3N2O3/c1-10-15(25-14-8-3-2-7-13(14)24-10)16(23)22-21-12-6-4-5-11(9-12)17(18,19)20/h2-10,15,21H,1H3,(H,22,23). The largest absolute Gasteiger partial charge is 0.482 e. The molecule has 132 valence electrons. The highest BCUT2D eigenvalue weighted by Gasteiger charge is 2.34. The third kappa shape index (κ3) is 3.78. The number of halogens is 3. The molecule has 3 rings (SSSR count). The molecule has 2 aromatic rings. The van der Waals surface area contributed by atoms with Gasteiger partial charge in [-0.25, -0.2) is 0 Å². The van der Waals surface area contributed by atoms with E-state index in [-0.39, 0.29) is 5.69 Å². The molecule has 0 saturated heterocycles. The average molecular weight is 352 g/mol. The van der Waals surface area contributed by atoms with E-state index in [4.69, 9.17) is 9.47 Å². The van der Waals surface area contributed by atoms with Crippen molar-refractivity contribution in [3.8, 4) is 11.5 Å². The number of benzene rings is 2. The number of anilines is 1. The van der Waals surface area contributed by atoms with Gasteiger partial charge in [-0.05, 0) is 37.3 Å². The summed E-state index contributed by atoms with van der Waals surface area (Å²) in [6.07, 6.45) is -5.95. The maximum Gasteiger partial charge on any atom is 0.416 e. The van der Waals surface area contributed by atoms with Gasteiger partial charge < -0.3 is 9.47 Å². The van der Waals surface area contributed by atoms with Gasteiger partial charge in [0.15, 0.2) is 11.5 Å². The second kappa shape index (κ2) is 6.54. The highest BCUT2D eigenvalue weighted by Crippen LogP contribution is 2.33. The molecule has 25 heavy (non-hydrogen) atoms. The van der Waals surface area contributed by atoms with Gasteiger partial charge in [-0.1, -0.05) is 18.2 Å². The van der Waals surface area contributed by atoms with Gasteiger partial charge in [0.2, 0.25) is 6.10 Å². The Bertz CT molecular complexity index is 780. The fourth-order valence-electron chi connectivity index (χ4n) is 2.38. The molecule has 0 spiro atoms. The lowest BCUT2D eigenvalue weighted by Gasteiger charge is -2.31. The van der Waals surface area contributed by atoms with Crippen LogP contribution in [-0.4, -0.2) is 18.1 Å². The molecule has 1 aliphatic rings. The van der Waals surface area contributed by atoms with Crippen molar-refractivity contribution in [2.24, 2.45) is 0 Å². The predicted octanol–water partition coefficient (Wildman–Crippen LogP) is 3.38. The highest BCUT2D eigenvalue weighted by atomic mass is 19.4. The smallest absolute Gasteiger partial charge is 0.416 e. The molecule has 2 aromatic carbocycles. The van der Waals surface area contributed by atoms with E-state index in [1.807, 2.05) is 0 Å². The minimum absolute atomic E-state index is 0.105. The summed E-state index contributed by atoms with van der Waals surface area (Å²) in [4.78, 5) is 12.3. The van der Waals surface area contributed by atoms with Gasteiger partial charge in [0.05, 0.1) is 11.3 Å². The topological polar surface area (TPSA) is 59.6 Å². The molecule has 0 aromatic heterocycles. The average Bonchev–Trinajstić information content (AvgIpc) is 2.58. The van der Waals surface area contributed by atoms with E-state index >= 15 is 0 Å². The number of hydrogen-bond donors (Lipinski definition) is 2. The first-order chi connectivity index (χ1) is 11.8. The normalized spacial score (nSPS) is 19.2. The van der Waals surface area contributed by atoms with Crippen LogP contribution in [0.3, 0.4) is 0 Å². The molecule has 1 heterocycles. The van der Waals surface area contributed by atoms with E-state index in [9.17, 15) is 18.0 Å². The minimum Gasteiger partial charge on any atom is -0.482 e. The van der Waals surface area contributed by atoms with E-state index in [0.717, 1.165) is 12.1 Å². The number of fused-ring (bicyclic) bond motifs is 1. The SMILES string of the molecule is CC1Oc2ccccc2OC1C(=O)NNc1cccc(C(F)(F)F)c1. The van der Waals surface area contributed by atoms with Crippen LogP contribution >= 0.6 is 0 Å². The summed E-state index contributed by atoms with van der Waals surface area (Å²) < 4.78 is 49.3. The summed E-state index contributed by atoms with van der Waals surface area (Å²) in [5.41, 5.74) is 4.10. The van der Waals surface area contributed by atoms with Crippen molar-refractivity contribution < 1.29 is 27.4 Å². The number of hydrazine groups is 1. The molecule has 0 bridgehead atoms. The molecule has 8 heteroatoms. The first kappa shape index (κ1) is 16.9. The van der Waals surface area contributed by atoms with Crippen LogP contribution < -0.4 is 20.3 Å². The second-order valence-corrected chi connectivity index (χ2v) is 5.50. The molecule has 1 amide bonds. The van der Waals surface area contributed by atoms with Gasteiger partial charge in [0.1, 0.15) is 6.10 Å². The van der Waals surface area contributed by atoms with Crippen molar-refractivity contribution >= 4 is 11.6 Å². The monoisotopic (exact) mass is 352 g/mol. The van der Waals surface area contributed by atoms with Crippen molar-refractivity contribution in [3.05, 3.63) is 54.1 Å². The number of para-hydroxylation sites is 2. The second-order valence-electron chi connectivity index (χ2n) is 5.50. The lowest BCUT2D eigenvalue weighted by atomic mass is 10.1. The molecule has 2 unspecified atom stereocenters. The van der Waals surface area contributed by atoms with Crippen LogP contribution in [-0.2, 0) is 11.0 Å². The predicted molar refractivity (Wildman–Crippen MR) is 84.2 cm³/mol. The lowest BCUT2D eigenvalue weighted by molar-refractivity contribution is -0.137. The van der Waals surface area contributed by atoms with Crippen LogP contribution in [0.25, 0.3) is 0 Å². The van der Waals surface area contributed by atoms with Crippen molar-refractivity contribution in [1.82, 2.24) is 5.43 Å². The zero-order valence-electron chi connectivity index (χ0n) is 13.1. The Kier molecular flexibility index (Phi) is 4.43. The summed E-state index contributed by atoms with van der Waals surface area (Å²) in [5.74, 6) is 0.407. The number of hydrogen-bond acceptors (Lipinski definition) is 4. The molecule has 0 fully saturated rings. The van der Waals surface area contributed by atoms with Gasteiger partial charge in [-0.3, -0.25) is 15.6 Å². The molecular weight excluding hydrogens is 337 g/mol. The van der Waals surface area contributed by atoms with E-state index in [1.54, 1.807) is 31.2 Å². The van der Waals surface area contributed by atoms with Gasteiger partial charge in [0, 0.05) is 0 Å². The molecule has 0 radical (unpaired) electrons. The summed E-state index contributed by atoms with van der Waals surface area (Å²) in [6.45, 7) is 1.67. The van der Waals surface area contributed by atoms with E-state index in [1.165, 1.54) is 12.1 Å². The summed E-state index contributed by atoms with van der Waals surface area (Å²) in [5, 5.41) is 0. The molecule has 5 nitrogen and oxygen atoms in total. The van der Waals surface area contributed by atoms with E-state index in [2.05, 4.69) is 10.9 Å². The molecule has 2 atom stereocenters. The summed E-state index contributed by atoms with van der Waals surface area (Å²) in [7, 11) is 0. The zero-order chi connectivity index (χ0) is 18.0. The lowest BCUT2D eigenvalue weighted by Crippen LogP contribution is -2.50. The maximum atomic E-state index is 12.7. The Morgan fingerprint density at radius 1 is 1.04 bits per heavy atom. The third-order valence-corrected chi connectivity index (χ3v) is 3.62. The van der Waals surface area contributed by atoms with Crippen molar-refractivity contribution in [3.63, 3.8) is 0 Å². The number of rotatable bonds is 3. The molecule has 0 saturated carbocycles. The number of carbonyl (C=O) groups excluding carboxylic acids is 1. The van der Waals surface area contributed by atoms with Gasteiger partial charge in [0.25, 0.3) is 5.91 Å². The van der Waals surface area contributed by atoms with Gasteiger partial charge >= 0.3 is 6.18 Å². The Morgan fingerprint density at radius 2 is 1.72 bits per heavy atom. The number of ether oxygens (including phenoxy) is 2.